The lowest BCUT2D eigenvalue weighted by Gasteiger charge is -2.59. The first-order valence-corrected chi connectivity index (χ1v) is 11.7. The number of rotatable bonds is 8. The van der Waals surface area contributed by atoms with Crippen LogP contribution in [0.15, 0.2) is 24.3 Å². The molecular formula is C24H33N3O6. The second-order valence-corrected chi connectivity index (χ2v) is 10.2. The van der Waals surface area contributed by atoms with Crippen molar-refractivity contribution in [3.8, 4) is 0 Å². The number of piperidine rings is 1. The van der Waals surface area contributed by atoms with Crippen molar-refractivity contribution in [3.05, 3.63) is 29.5 Å². The van der Waals surface area contributed by atoms with Crippen molar-refractivity contribution >= 4 is 29.2 Å². The van der Waals surface area contributed by atoms with Crippen LogP contribution in [-0.4, -0.2) is 58.4 Å². The number of ether oxygens (including phenoxy) is 1. The SMILES string of the molecule is CC12CC[C@@H]3[C@](C)(CCC[N+]3([O-])CC(=O)Nc3ccc(NC(=O)CCCC(=O)O)cc3)C1O2. The largest absolute Gasteiger partial charge is 0.632 e. The number of hydrogen-bond donors (Lipinski definition) is 3. The van der Waals surface area contributed by atoms with Crippen LogP contribution in [0.25, 0.3) is 0 Å². The standard InChI is InChI=1S/C24H33N3O6/c1-23-12-4-14-27(32,18(23)11-13-24(2)22(23)33-24)15-20(29)26-17-9-7-16(8-10-17)25-19(28)5-3-6-21(30)31/h7-10,18,22H,3-6,11-15H2,1-2H3,(H,25,28)(H,26,29)(H,30,31)/t18-,22?,23+,24?,27?/m1/s1. The lowest BCUT2D eigenvalue weighted by molar-refractivity contribution is -0.913. The first-order valence-electron chi connectivity index (χ1n) is 11.7. The Morgan fingerprint density at radius 3 is 2.36 bits per heavy atom. The Hall–Kier alpha value is -2.49. The molecule has 9 heteroatoms. The predicted octanol–water partition coefficient (Wildman–Crippen LogP) is 3.25. The summed E-state index contributed by atoms with van der Waals surface area (Å²) in [6, 6.07) is 6.54. The summed E-state index contributed by atoms with van der Waals surface area (Å²) >= 11 is 0. The smallest absolute Gasteiger partial charge is 0.303 e. The molecule has 4 rings (SSSR count). The summed E-state index contributed by atoms with van der Waals surface area (Å²) in [5, 5.41) is 28.0. The van der Waals surface area contributed by atoms with Gasteiger partial charge in [-0.05, 0) is 56.9 Å². The number of benzene rings is 1. The molecule has 0 aromatic heterocycles. The molecule has 3 fully saturated rings. The maximum atomic E-state index is 13.8. The van der Waals surface area contributed by atoms with Crippen LogP contribution in [0.1, 0.15) is 58.8 Å². The van der Waals surface area contributed by atoms with Gasteiger partial charge in [0.1, 0.15) is 0 Å². The van der Waals surface area contributed by atoms with Crippen molar-refractivity contribution < 1.29 is 28.9 Å². The molecule has 0 spiro atoms. The van der Waals surface area contributed by atoms with Gasteiger partial charge in [-0.3, -0.25) is 14.4 Å². The highest BCUT2D eigenvalue weighted by atomic mass is 16.6. The van der Waals surface area contributed by atoms with Gasteiger partial charge in [0.25, 0.3) is 5.91 Å². The minimum atomic E-state index is -0.929. The fourth-order valence-electron chi connectivity index (χ4n) is 6.03. The zero-order valence-corrected chi connectivity index (χ0v) is 19.3. The monoisotopic (exact) mass is 459 g/mol. The number of amides is 2. The number of nitrogens with zero attached hydrogens (tertiary/aromatic N) is 1. The van der Waals surface area contributed by atoms with E-state index in [1.807, 2.05) is 0 Å². The number of epoxide rings is 1. The normalized spacial score (nSPS) is 34.5. The molecule has 2 aliphatic heterocycles. The van der Waals surface area contributed by atoms with Gasteiger partial charge in [0, 0.05) is 36.1 Å². The van der Waals surface area contributed by atoms with Crippen LogP contribution in [0.4, 0.5) is 11.4 Å². The number of nitrogens with one attached hydrogen (secondary N) is 2. The van der Waals surface area contributed by atoms with Crippen LogP contribution in [0.5, 0.6) is 0 Å². The molecule has 0 bridgehead atoms. The van der Waals surface area contributed by atoms with Crippen molar-refractivity contribution in [1.29, 1.82) is 0 Å². The molecule has 0 radical (unpaired) electrons. The van der Waals surface area contributed by atoms with E-state index >= 15 is 0 Å². The summed E-state index contributed by atoms with van der Waals surface area (Å²) < 4.78 is 5.50. The molecule has 1 aliphatic carbocycles. The maximum absolute atomic E-state index is 13.8. The van der Waals surface area contributed by atoms with Crippen molar-refractivity contribution in [2.24, 2.45) is 5.41 Å². The Kier molecular flexibility index (Phi) is 6.24. The van der Waals surface area contributed by atoms with Gasteiger partial charge in [0.2, 0.25) is 5.91 Å². The van der Waals surface area contributed by atoms with E-state index in [2.05, 4.69) is 24.5 Å². The van der Waals surface area contributed by atoms with Gasteiger partial charge in [-0.1, -0.05) is 6.92 Å². The fourth-order valence-corrected chi connectivity index (χ4v) is 6.03. The van der Waals surface area contributed by atoms with E-state index in [-0.39, 0.29) is 60.8 Å². The quantitative estimate of drug-likeness (QED) is 0.311. The molecule has 33 heavy (non-hydrogen) atoms. The molecular weight excluding hydrogens is 426 g/mol. The highest BCUT2D eigenvalue weighted by Gasteiger charge is 2.70. The minimum absolute atomic E-state index is 0.0505. The summed E-state index contributed by atoms with van der Waals surface area (Å²) in [6.45, 7) is 4.61. The summed E-state index contributed by atoms with van der Waals surface area (Å²) in [4.78, 5) is 35.2. The third kappa shape index (κ3) is 4.90. The molecule has 1 aromatic rings. The van der Waals surface area contributed by atoms with E-state index in [1.54, 1.807) is 24.3 Å². The number of fused-ring (bicyclic) bond motifs is 3. The molecule has 180 valence electrons. The lowest BCUT2D eigenvalue weighted by atomic mass is 9.63. The van der Waals surface area contributed by atoms with Gasteiger partial charge in [-0.2, -0.15) is 0 Å². The van der Waals surface area contributed by atoms with Crippen LogP contribution in [0.2, 0.25) is 0 Å². The van der Waals surface area contributed by atoms with Crippen molar-refractivity contribution in [3.63, 3.8) is 0 Å². The van der Waals surface area contributed by atoms with Gasteiger partial charge in [-0.25, -0.2) is 0 Å². The van der Waals surface area contributed by atoms with Gasteiger partial charge in [0.15, 0.2) is 6.54 Å². The summed E-state index contributed by atoms with van der Waals surface area (Å²) in [6.07, 6.45) is 3.87. The molecule has 2 amide bonds. The first kappa shape index (κ1) is 23.7. The third-order valence-corrected chi connectivity index (χ3v) is 7.64. The van der Waals surface area contributed by atoms with Gasteiger partial charge in [0.05, 0.1) is 24.3 Å². The average Bonchev–Trinajstić information content (AvgIpc) is 3.42. The lowest BCUT2D eigenvalue weighted by Crippen LogP contribution is -2.66. The van der Waals surface area contributed by atoms with Crippen molar-refractivity contribution in [2.45, 2.75) is 76.5 Å². The van der Waals surface area contributed by atoms with E-state index in [0.717, 1.165) is 25.7 Å². The highest BCUT2D eigenvalue weighted by Crippen LogP contribution is 2.61. The van der Waals surface area contributed by atoms with Crippen molar-refractivity contribution in [2.75, 3.05) is 23.7 Å². The van der Waals surface area contributed by atoms with Gasteiger partial charge >= 0.3 is 5.97 Å². The van der Waals surface area contributed by atoms with E-state index < -0.39 is 10.6 Å². The third-order valence-electron chi connectivity index (χ3n) is 7.64. The van der Waals surface area contributed by atoms with Crippen LogP contribution in [0, 0.1) is 10.6 Å². The van der Waals surface area contributed by atoms with Crippen LogP contribution in [-0.2, 0) is 19.1 Å². The second-order valence-electron chi connectivity index (χ2n) is 10.2. The Labute approximate surface area is 193 Å². The molecule has 9 nitrogen and oxygen atoms in total. The topological polar surface area (TPSA) is 131 Å². The van der Waals surface area contributed by atoms with E-state index in [1.165, 1.54) is 0 Å². The number of hydrogen-bond acceptors (Lipinski definition) is 5. The minimum Gasteiger partial charge on any atom is -0.632 e. The van der Waals surface area contributed by atoms with E-state index in [9.17, 15) is 19.6 Å². The second kappa shape index (κ2) is 8.70. The zero-order valence-electron chi connectivity index (χ0n) is 19.3. The number of anilines is 2. The molecule has 5 atom stereocenters. The van der Waals surface area contributed by atoms with E-state index in [4.69, 9.17) is 9.84 Å². The van der Waals surface area contributed by atoms with E-state index in [0.29, 0.717) is 17.9 Å². The van der Waals surface area contributed by atoms with Crippen LogP contribution < -0.4 is 10.6 Å². The number of carboxylic acid groups (broad SMARTS) is 1. The number of hydroxylamine groups is 3. The molecule has 2 saturated heterocycles. The molecule has 3 unspecified atom stereocenters. The van der Waals surface area contributed by atoms with Gasteiger partial charge in [-0.15, -0.1) is 0 Å². The Balaban J connectivity index is 1.31. The van der Waals surface area contributed by atoms with Crippen LogP contribution in [0.3, 0.4) is 0 Å². The molecule has 3 aliphatic rings. The number of carbonyl (C=O) groups is 3. The molecule has 1 saturated carbocycles. The Bertz CT molecular complexity index is 937. The number of quaternary nitrogens is 1. The Morgan fingerprint density at radius 2 is 1.73 bits per heavy atom. The number of carboxylic acids is 1. The summed E-state index contributed by atoms with van der Waals surface area (Å²) in [7, 11) is 0. The average molecular weight is 460 g/mol. The first-order chi connectivity index (χ1) is 15.5. The highest BCUT2D eigenvalue weighted by molar-refractivity contribution is 5.93. The Morgan fingerprint density at radius 1 is 1.09 bits per heavy atom. The fraction of sp³-hybridized carbons (Fsp3) is 0.625. The molecule has 1 aromatic carbocycles. The van der Waals surface area contributed by atoms with Crippen LogP contribution >= 0.6 is 0 Å². The zero-order chi connectivity index (χ0) is 23.9. The number of likely N-dealkylation sites (tertiary alicyclic amines) is 1. The summed E-state index contributed by atoms with van der Waals surface area (Å²) in [5.41, 5.74) is 0.833. The molecule has 2 heterocycles. The summed E-state index contributed by atoms with van der Waals surface area (Å²) in [5.74, 6) is -1.51. The maximum Gasteiger partial charge on any atom is 0.303 e. The van der Waals surface area contributed by atoms with Crippen molar-refractivity contribution in [1.82, 2.24) is 0 Å². The number of aliphatic carboxylic acids is 1. The number of carbonyl (C=O) groups excluding carboxylic acids is 2. The molecule has 3 N–H and O–H groups in total. The van der Waals surface area contributed by atoms with Gasteiger partial charge < -0.3 is 30.3 Å². The predicted molar refractivity (Wildman–Crippen MR) is 122 cm³/mol.